The fourth-order valence-electron chi connectivity index (χ4n) is 5.38. The summed E-state index contributed by atoms with van der Waals surface area (Å²) in [7, 11) is 0. The Kier molecular flexibility index (Phi) is 2.93. The molecule has 2 heterocycles. The number of aliphatic hydroxyl groups is 1. The minimum Gasteiger partial charge on any atom is -0.383 e. The van der Waals surface area contributed by atoms with E-state index in [0.717, 1.165) is 33.9 Å². The van der Waals surface area contributed by atoms with Crippen molar-refractivity contribution in [2.75, 3.05) is 0 Å². The Bertz CT molecular complexity index is 998. The normalized spacial score (nSPS) is 34.0. The third-order valence-electron chi connectivity index (χ3n) is 7.16. The van der Waals surface area contributed by atoms with Crippen molar-refractivity contribution in [2.24, 2.45) is 23.2 Å². The summed E-state index contributed by atoms with van der Waals surface area (Å²) in [6.07, 6.45) is 3.90. The molecule has 3 nitrogen and oxygen atoms in total. The van der Waals surface area contributed by atoms with Crippen molar-refractivity contribution in [1.82, 2.24) is 9.97 Å². The monoisotopic (exact) mass is 332 g/mol. The van der Waals surface area contributed by atoms with Crippen molar-refractivity contribution in [3.8, 4) is 0 Å². The summed E-state index contributed by atoms with van der Waals surface area (Å²) in [5.41, 5.74) is 2.12. The molecule has 2 saturated carbocycles. The molecule has 0 saturated heterocycles. The standard InChI is InChI=1S/C22H24N2O/c1-13(2)21-11-17(21)14(3)22(25,12-21)18-9-8-16-7-6-15-5-4-10-23-19(15)20(16)24-18/h4-10,13-14,17,25H,11-12H2,1-3H3. The second-order valence-electron chi connectivity index (χ2n) is 8.50. The minimum atomic E-state index is -0.821. The summed E-state index contributed by atoms with van der Waals surface area (Å²) in [6, 6.07) is 12.3. The fourth-order valence-corrected chi connectivity index (χ4v) is 5.38. The Labute approximate surface area is 148 Å². The molecular formula is C22H24N2O. The molecule has 1 N–H and O–H groups in total. The third-order valence-corrected chi connectivity index (χ3v) is 7.16. The first-order valence-corrected chi connectivity index (χ1v) is 9.33. The third kappa shape index (κ3) is 1.90. The van der Waals surface area contributed by atoms with Crippen LogP contribution in [0.2, 0.25) is 0 Å². The van der Waals surface area contributed by atoms with Crippen molar-refractivity contribution in [1.29, 1.82) is 0 Å². The number of rotatable bonds is 2. The molecule has 4 unspecified atom stereocenters. The van der Waals surface area contributed by atoms with Gasteiger partial charge in [-0.25, -0.2) is 4.98 Å². The summed E-state index contributed by atoms with van der Waals surface area (Å²) in [5, 5.41) is 13.8. The van der Waals surface area contributed by atoms with Gasteiger partial charge < -0.3 is 5.11 Å². The zero-order valence-corrected chi connectivity index (χ0v) is 15.0. The van der Waals surface area contributed by atoms with Crippen LogP contribution < -0.4 is 0 Å². The van der Waals surface area contributed by atoms with Crippen LogP contribution in [0.4, 0.5) is 0 Å². The second kappa shape index (κ2) is 4.79. The van der Waals surface area contributed by atoms with Crippen molar-refractivity contribution < 1.29 is 5.11 Å². The number of fused-ring (bicyclic) bond motifs is 4. The lowest BCUT2D eigenvalue weighted by atomic mass is 9.81. The summed E-state index contributed by atoms with van der Waals surface area (Å²) < 4.78 is 0. The van der Waals surface area contributed by atoms with Gasteiger partial charge in [0.05, 0.1) is 16.7 Å². The summed E-state index contributed by atoms with van der Waals surface area (Å²) >= 11 is 0. The van der Waals surface area contributed by atoms with Crippen LogP contribution in [0.5, 0.6) is 0 Å². The molecule has 2 aliphatic carbocycles. The van der Waals surface area contributed by atoms with Gasteiger partial charge in [-0.05, 0) is 48.1 Å². The van der Waals surface area contributed by atoms with Crippen LogP contribution >= 0.6 is 0 Å². The van der Waals surface area contributed by atoms with E-state index >= 15 is 0 Å². The molecule has 128 valence electrons. The molecule has 4 atom stereocenters. The van der Waals surface area contributed by atoms with Crippen LogP contribution in [0, 0.1) is 23.2 Å². The Hall–Kier alpha value is -2.00. The predicted molar refractivity (Wildman–Crippen MR) is 100 cm³/mol. The van der Waals surface area contributed by atoms with E-state index in [2.05, 4.69) is 50.0 Å². The molecule has 2 aromatic heterocycles. The Balaban J connectivity index is 1.67. The van der Waals surface area contributed by atoms with E-state index in [0.29, 0.717) is 17.3 Å². The first kappa shape index (κ1) is 15.3. The molecule has 0 bridgehead atoms. The average Bonchev–Trinajstić information content (AvgIpc) is 3.30. The highest BCUT2D eigenvalue weighted by atomic mass is 16.3. The second-order valence-corrected chi connectivity index (χ2v) is 8.50. The molecule has 2 fully saturated rings. The highest BCUT2D eigenvalue weighted by molar-refractivity contribution is 6.02. The predicted octanol–water partition coefficient (Wildman–Crippen LogP) is 4.67. The zero-order chi connectivity index (χ0) is 17.4. The molecule has 3 aromatic rings. The lowest BCUT2D eigenvalue weighted by Crippen LogP contribution is -2.33. The van der Waals surface area contributed by atoms with Crippen LogP contribution in [0.1, 0.15) is 39.3 Å². The maximum absolute atomic E-state index is 11.6. The molecular weight excluding hydrogens is 308 g/mol. The van der Waals surface area contributed by atoms with E-state index < -0.39 is 5.60 Å². The van der Waals surface area contributed by atoms with Crippen LogP contribution in [-0.2, 0) is 5.60 Å². The molecule has 3 heteroatoms. The van der Waals surface area contributed by atoms with Crippen LogP contribution in [-0.4, -0.2) is 15.1 Å². The van der Waals surface area contributed by atoms with E-state index in [-0.39, 0.29) is 5.92 Å². The summed E-state index contributed by atoms with van der Waals surface area (Å²) in [5.74, 6) is 1.49. The number of hydrogen-bond donors (Lipinski definition) is 1. The van der Waals surface area contributed by atoms with Crippen molar-refractivity contribution >= 4 is 21.8 Å². The van der Waals surface area contributed by atoms with Gasteiger partial charge in [0, 0.05) is 17.0 Å². The van der Waals surface area contributed by atoms with E-state index in [1.165, 1.54) is 6.42 Å². The Morgan fingerprint density at radius 2 is 1.80 bits per heavy atom. The number of aromatic nitrogens is 2. The molecule has 25 heavy (non-hydrogen) atoms. The van der Waals surface area contributed by atoms with E-state index in [1.54, 1.807) is 0 Å². The SMILES string of the molecule is CC1C2CC2(C(C)C)CC1(O)c1ccc2ccc3cccnc3c2n1. The van der Waals surface area contributed by atoms with Crippen LogP contribution in [0.25, 0.3) is 21.8 Å². The van der Waals surface area contributed by atoms with Gasteiger partial charge in [0.1, 0.15) is 5.60 Å². The lowest BCUT2D eigenvalue weighted by Gasteiger charge is -2.31. The fraction of sp³-hybridized carbons (Fsp3) is 0.455. The topological polar surface area (TPSA) is 46.0 Å². The molecule has 1 aromatic carbocycles. The molecule has 2 aliphatic rings. The summed E-state index contributed by atoms with van der Waals surface area (Å²) in [4.78, 5) is 9.48. The van der Waals surface area contributed by atoms with Gasteiger partial charge in [-0.2, -0.15) is 0 Å². The maximum Gasteiger partial charge on any atom is 0.110 e. The van der Waals surface area contributed by atoms with E-state index in [9.17, 15) is 5.11 Å². The van der Waals surface area contributed by atoms with Gasteiger partial charge in [-0.3, -0.25) is 4.98 Å². The van der Waals surface area contributed by atoms with Gasteiger partial charge in [0.25, 0.3) is 0 Å². The molecule has 0 amide bonds. The molecule has 0 aliphatic heterocycles. The molecule has 0 radical (unpaired) electrons. The van der Waals surface area contributed by atoms with E-state index in [1.807, 2.05) is 18.3 Å². The van der Waals surface area contributed by atoms with Crippen LogP contribution in [0.3, 0.4) is 0 Å². The van der Waals surface area contributed by atoms with E-state index in [4.69, 9.17) is 4.98 Å². The quantitative estimate of drug-likeness (QED) is 0.694. The van der Waals surface area contributed by atoms with Gasteiger partial charge in [0.15, 0.2) is 0 Å². The minimum absolute atomic E-state index is 0.253. The summed E-state index contributed by atoms with van der Waals surface area (Å²) in [6.45, 7) is 6.79. The lowest BCUT2D eigenvalue weighted by molar-refractivity contribution is -0.0217. The largest absolute Gasteiger partial charge is 0.383 e. The smallest absolute Gasteiger partial charge is 0.110 e. The highest BCUT2D eigenvalue weighted by Gasteiger charge is 2.70. The first-order valence-electron chi connectivity index (χ1n) is 9.33. The zero-order valence-electron chi connectivity index (χ0n) is 15.0. The molecule has 0 spiro atoms. The van der Waals surface area contributed by atoms with Gasteiger partial charge in [0.2, 0.25) is 0 Å². The average molecular weight is 332 g/mol. The Morgan fingerprint density at radius 3 is 2.52 bits per heavy atom. The number of benzene rings is 1. The van der Waals surface area contributed by atoms with Crippen LogP contribution in [0.15, 0.2) is 42.6 Å². The number of hydrogen-bond acceptors (Lipinski definition) is 3. The first-order chi connectivity index (χ1) is 12.0. The van der Waals surface area contributed by atoms with Gasteiger partial charge >= 0.3 is 0 Å². The highest BCUT2D eigenvalue weighted by Crippen LogP contribution is 2.74. The number of pyridine rings is 2. The molecule has 5 rings (SSSR count). The van der Waals surface area contributed by atoms with Crippen molar-refractivity contribution in [2.45, 2.75) is 39.2 Å². The maximum atomic E-state index is 11.6. The van der Waals surface area contributed by atoms with Crippen molar-refractivity contribution in [3.05, 3.63) is 48.3 Å². The number of nitrogens with zero attached hydrogens (tertiary/aromatic N) is 2. The van der Waals surface area contributed by atoms with Crippen molar-refractivity contribution in [3.63, 3.8) is 0 Å². The Morgan fingerprint density at radius 1 is 1.08 bits per heavy atom. The van der Waals surface area contributed by atoms with Gasteiger partial charge in [-0.15, -0.1) is 0 Å². The van der Waals surface area contributed by atoms with Gasteiger partial charge in [-0.1, -0.05) is 45.0 Å².